The monoisotopic (exact) mass is 364 g/mol. The van der Waals surface area contributed by atoms with Crippen LogP contribution in [0.3, 0.4) is 0 Å². The van der Waals surface area contributed by atoms with E-state index in [0.717, 1.165) is 19.9 Å². The molecule has 3 aromatic rings. The van der Waals surface area contributed by atoms with Crippen molar-refractivity contribution in [2.75, 3.05) is 12.3 Å². The molecule has 0 bridgehead atoms. The van der Waals surface area contributed by atoms with Crippen LogP contribution in [-0.2, 0) is 4.79 Å². The number of fused-ring (bicyclic) bond motifs is 1. The lowest BCUT2D eigenvalue weighted by atomic mass is 10.2. The van der Waals surface area contributed by atoms with E-state index in [9.17, 15) is 4.79 Å². The van der Waals surface area contributed by atoms with Gasteiger partial charge in [0.2, 0.25) is 5.91 Å². The number of aryl methyl sites for hydroxylation is 1. The Kier molecular flexibility index (Phi) is 5.24. The lowest BCUT2D eigenvalue weighted by Gasteiger charge is -2.09. The molecule has 0 aliphatic carbocycles. The van der Waals surface area contributed by atoms with Crippen molar-refractivity contribution < 1.29 is 4.79 Å². The first kappa shape index (κ1) is 16.4. The van der Waals surface area contributed by atoms with Gasteiger partial charge in [0.15, 0.2) is 4.34 Å². The first-order valence-corrected chi connectivity index (χ1v) is 9.79. The number of para-hydroxylation sites is 1. The van der Waals surface area contributed by atoms with Crippen molar-refractivity contribution in [3.8, 4) is 0 Å². The molecule has 0 saturated carbocycles. The Labute approximate surface area is 146 Å². The summed E-state index contributed by atoms with van der Waals surface area (Å²) in [7, 11) is 0. The molecule has 8 heteroatoms. The van der Waals surface area contributed by atoms with Gasteiger partial charge in [0.1, 0.15) is 5.01 Å². The van der Waals surface area contributed by atoms with Crippen LogP contribution in [0.2, 0.25) is 0 Å². The van der Waals surface area contributed by atoms with Crippen LogP contribution in [-0.4, -0.2) is 33.4 Å². The second kappa shape index (κ2) is 7.37. The van der Waals surface area contributed by atoms with Crippen molar-refractivity contribution in [2.45, 2.75) is 24.1 Å². The highest BCUT2D eigenvalue weighted by Gasteiger charge is 2.13. The molecule has 1 aromatic carbocycles. The molecule has 5 nitrogen and oxygen atoms in total. The predicted octanol–water partition coefficient (Wildman–Crippen LogP) is 3.47. The molecular formula is C15H16N4OS3. The Morgan fingerprint density at radius 2 is 2.13 bits per heavy atom. The smallest absolute Gasteiger partial charge is 0.230 e. The molecule has 1 unspecified atom stereocenters. The van der Waals surface area contributed by atoms with E-state index in [1.165, 1.54) is 27.8 Å². The second-order valence-electron chi connectivity index (χ2n) is 5.10. The first-order chi connectivity index (χ1) is 11.1. The van der Waals surface area contributed by atoms with Gasteiger partial charge in [-0.05, 0) is 19.1 Å². The van der Waals surface area contributed by atoms with Crippen LogP contribution < -0.4 is 5.32 Å². The molecule has 120 valence electrons. The van der Waals surface area contributed by atoms with Crippen LogP contribution in [0.1, 0.15) is 22.9 Å². The van der Waals surface area contributed by atoms with E-state index in [1.807, 2.05) is 25.1 Å². The quantitative estimate of drug-likeness (QED) is 0.678. The van der Waals surface area contributed by atoms with Gasteiger partial charge in [-0.15, -0.1) is 21.5 Å². The number of hydrogen-bond acceptors (Lipinski definition) is 7. The summed E-state index contributed by atoms with van der Waals surface area (Å²) in [6.45, 7) is 4.58. The normalized spacial score (nSPS) is 12.4. The summed E-state index contributed by atoms with van der Waals surface area (Å²) in [6, 6.07) is 8.09. The zero-order chi connectivity index (χ0) is 16.2. The van der Waals surface area contributed by atoms with E-state index in [4.69, 9.17) is 0 Å². The molecule has 1 amide bonds. The van der Waals surface area contributed by atoms with Crippen LogP contribution in [0, 0.1) is 6.92 Å². The van der Waals surface area contributed by atoms with E-state index >= 15 is 0 Å². The maximum atomic E-state index is 11.9. The number of benzene rings is 1. The Bertz CT molecular complexity index is 781. The highest BCUT2D eigenvalue weighted by molar-refractivity contribution is 8.01. The van der Waals surface area contributed by atoms with Crippen LogP contribution in [0.25, 0.3) is 10.2 Å². The van der Waals surface area contributed by atoms with Crippen LogP contribution in [0.4, 0.5) is 0 Å². The van der Waals surface area contributed by atoms with E-state index in [1.54, 1.807) is 11.3 Å². The second-order valence-corrected chi connectivity index (χ2v) is 8.57. The van der Waals surface area contributed by atoms with Gasteiger partial charge in [-0.3, -0.25) is 4.79 Å². The molecule has 0 aliphatic rings. The standard InChI is InChI=1S/C15H16N4OS3/c1-9(14-17-11-5-3-4-6-12(11)23-14)7-16-13(20)8-21-15-19-18-10(2)22-15/h3-6,9H,7-8H2,1-2H3,(H,16,20). The minimum Gasteiger partial charge on any atom is -0.355 e. The van der Waals surface area contributed by atoms with Gasteiger partial charge in [0.25, 0.3) is 0 Å². The van der Waals surface area contributed by atoms with Crippen molar-refractivity contribution in [1.29, 1.82) is 0 Å². The van der Waals surface area contributed by atoms with Gasteiger partial charge in [-0.2, -0.15) is 0 Å². The molecule has 1 atom stereocenters. The lowest BCUT2D eigenvalue weighted by molar-refractivity contribution is -0.118. The Morgan fingerprint density at radius 3 is 2.87 bits per heavy atom. The number of carbonyl (C=O) groups excluding carboxylic acids is 1. The summed E-state index contributed by atoms with van der Waals surface area (Å²) in [5.74, 6) is 0.572. The average Bonchev–Trinajstić information content (AvgIpc) is 3.16. The van der Waals surface area contributed by atoms with Gasteiger partial charge in [0.05, 0.1) is 21.0 Å². The number of rotatable bonds is 6. The fourth-order valence-electron chi connectivity index (χ4n) is 1.97. The highest BCUT2D eigenvalue weighted by Crippen LogP contribution is 2.27. The molecule has 0 spiro atoms. The maximum Gasteiger partial charge on any atom is 0.230 e. The summed E-state index contributed by atoms with van der Waals surface area (Å²) in [6.07, 6.45) is 0. The molecule has 2 aromatic heterocycles. The summed E-state index contributed by atoms with van der Waals surface area (Å²) in [5, 5.41) is 12.9. The van der Waals surface area contributed by atoms with Crippen LogP contribution >= 0.6 is 34.4 Å². The number of nitrogens with zero attached hydrogens (tertiary/aromatic N) is 3. The summed E-state index contributed by atoms with van der Waals surface area (Å²) in [5.41, 5.74) is 1.02. The zero-order valence-corrected chi connectivity index (χ0v) is 15.2. The largest absolute Gasteiger partial charge is 0.355 e. The number of thiazole rings is 1. The minimum atomic E-state index is 0.0100. The highest BCUT2D eigenvalue weighted by atomic mass is 32.2. The predicted molar refractivity (Wildman–Crippen MR) is 96.4 cm³/mol. The number of amides is 1. The molecule has 2 heterocycles. The lowest BCUT2D eigenvalue weighted by Crippen LogP contribution is -2.28. The fraction of sp³-hybridized carbons (Fsp3) is 0.333. The average molecular weight is 365 g/mol. The van der Waals surface area contributed by atoms with Crippen molar-refractivity contribution in [3.63, 3.8) is 0 Å². The SMILES string of the molecule is Cc1nnc(SCC(=O)NCC(C)c2nc3ccccc3s2)s1. The number of hydrogen-bond donors (Lipinski definition) is 1. The van der Waals surface area contributed by atoms with Crippen molar-refractivity contribution >= 4 is 50.6 Å². The van der Waals surface area contributed by atoms with Crippen LogP contribution in [0.5, 0.6) is 0 Å². The van der Waals surface area contributed by atoms with E-state index in [2.05, 4.69) is 33.5 Å². The van der Waals surface area contributed by atoms with E-state index < -0.39 is 0 Å². The van der Waals surface area contributed by atoms with Crippen molar-refractivity contribution in [2.24, 2.45) is 0 Å². The maximum absolute atomic E-state index is 11.9. The van der Waals surface area contributed by atoms with Gasteiger partial charge < -0.3 is 5.32 Å². The Morgan fingerprint density at radius 1 is 1.30 bits per heavy atom. The molecule has 23 heavy (non-hydrogen) atoms. The van der Waals surface area contributed by atoms with Crippen molar-refractivity contribution in [3.05, 3.63) is 34.3 Å². The van der Waals surface area contributed by atoms with Gasteiger partial charge in [-0.1, -0.05) is 42.2 Å². The van der Waals surface area contributed by atoms with Gasteiger partial charge >= 0.3 is 0 Å². The number of thioether (sulfide) groups is 1. The van der Waals surface area contributed by atoms with Crippen molar-refractivity contribution in [1.82, 2.24) is 20.5 Å². The first-order valence-electron chi connectivity index (χ1n) is 7.17. The Hall–Kier alpha value is -1.51. The molecule has 0 saturated heterocycles. The van der Waals surface area contributed by atoms with Crippen LogP contribution in [0.15, 0.2) is 28.6 Å². The third-order valence-corrected chi connectivity index (χ3v) is 6.41. The fourth-order valence-corrected chi connectivity index (χ4v) is 4.63. The molecule has 1 N–H and O–H groups in total. The number of aromatic nitrogens is 3. The topological polar surface area (TPSA) is 67.8 Å². The summed E-state index contributed by atoms with van der Waals surface area (Å²) >= 11 is 4.61. The summed E-state index contributed by atoms with van der Waals surface area (Å²) < 4.78 is 2.01. The molecule has 0 radical (unpaired) electrons. The summed E-state index contributed by atoms with van der Waals surface area (Å²) in [4.78, 5) is 16.6. The van der Waals surface area contributed by atoms with E-state index in [-0.39, 0.29) is 11.8 Å². The number of carbonyl (C=O) groups is 1. The molecule has 0 fully saturated rings. The zero-order valence-electron chi connectivity index (χ0n) is 12.8. The van der Waals surface area contributed by atoms with E-state index in [0.29, 0.717) is 12.3 Å². The van der Waals surface area contributed by atoms with Gasteiger partial charge in [0, 0.05) is 12.5 Å². The number of nitrogens with one attached hydrogen (secondary N) is 1. The molecule has 0 aliphatic heterocycles. The Balaban J connectivity index is 1.49. The van der Waals surface area contributed by atoms with Gasteiger partial charge in [-0.25, -0.2) is 4.98 Å². The molecular weight excluding hydrogens is 348 g/mol. The molecule has 3 rings (SSSR count). The third-order valence-electron chi connectivity index (χ3n) is 3.17. The third kappa shape index (κ3) is 4.27. The minimum absolute atomic E-state index is 0.0100.